The summed E-state index contributed by atoms with van der Waals surface area (Å²) in [7, 11) is 0. The van der Waals surface area contributed by atoms with Gasteiger partial charge < -0.3 is 14.2 Å². The molecule has 22 heavy (non-hydrogen) atoms. The highest BCUT2D eigenvalue weighted by molar-refractivity contribution is 5.88. The van der Waals surface area contributed by atoms with Gasteiger partial charge >= 0.3 is 5.97 Å². The van der Waals surface area contributed by atoms with Crippen LogP contribution in [0.25, 0.3) is 11.1 Å². The number of fused-ring (bicyclic) bond motifs is 1. The molecule has 0 aliphatic carbocycles. The molecule has 3 rings (SSSR count). The molecule has 1 fully saturated rings. The van der Waals surface area contributed by atoms with E-state index in [2.05, 4.69) is 20.0 Å². The van der Waals surface area contributed by atoms with Crippen LogP contribution in [-0.4, -0.2) is 40.8 Å². The Hall–Kier alpha value is -2.18. The molecule has 7 heteroatoms. The largest absolute Gasteiger partial charge is 0.466 e. The third-order valence-electron chi connectivity index (χ3n) is 3.94. The average molecular weight is 304 g/mol. The molecule has 7 nitrogen and oxygen atoms in total. The van der Waals surface area contributed by atoms with Gasteiger partial charge in [-0.15, -0.1) is 0 Å². The predicted molar refractivity (Wildman–Crippen MR) is 80.6 cm³/mol. The van der Waals surface area contributed by atoms with Crippen LogP contribution in [0.3, 0.4) is 0 Å². The van der Waals surface area contributed by atoms with E-state index in [0.717, 1.165) is 36.3 Å². The molecule has 1 aliphatic heterocycles. The Morgan fingerprint density at radius 3 is 3.00 bits per heavy atom. The summed E-state index contributed by atoms with van der Waals surface area (Å²) in [6.07, 6.45) is 1.78. The molecule has 0 spiro atoms. The number of aryl methyl sites for hydroxylation is 2. The minimum Gasteiger partial charge on any atom is -0.466 e. The quantitative estimate of drug-likeness (QED) is 0.802. The monoisotopic (exact) mass is 304 g/mol. The SMILES string of the molecule is CCOC(=O)[C@@H]1CCCN(c2nc(C)nc3onc(C)c23)C1. The van der Waals surface area contributed by atoms with E-state index in [4.69, 9.17) is 9.26 Å². The van der Waals surface area contributed by atoms with Gasteiger partial charge in [0.15, 0.2) is 0 Å². The van der Waals surface area contributed by atoms with Gasteiger partial charge in [0, 0.05) is 13.1 Å². The minimum atomic E-state index is -0.128. The number of carbonyl (C=O) groups excluding carboxylic acids is 1. The van der Waals surface area contributed by atoms with Crippen molar-refractivity contribution < 1.29 is 14.1 Å². The van der Waals surface area contributed by atoms with Gasteiger partial charge in [0.1, 0.15) is 17.0 Å². The van der Waals surface area contributed by atoms with E-state index in [1.165, 1.54) is 0 Å². The molecule has 1 saturated heterocycles. The fourth-order valence-corrected chi connectivity index (χ4v) is 2.92. The van der Waals surface area contributed by atoms with Crippen molar-refractivity contribution in [2.24, 2.45) is 5.92 Å². The van der Waals surface area contributed by atoms with Gasteiger partial charge in [-0.25, -0.2) is 4.98 Å². The van der Waals surface area contributed by atoms with Gasteiger partial charge in [-0.1, -0.05) is 5.16 Å². The predicted octanol–water partition coefficient (Wildman–Crippen LogP) is 2.01. The van der Waals surface area contributed by atoms with Crippen molar-refractivity contribution in [1.82, 2.24) is 15.1 Å². The molecule has 0 bridgehead atoms. The molecule has 118 valence electrons. The molecule has 0 N–H and O–H groups in total. The lowest BCUT2D eigenvalue weighted by atomic mass is 9.98. The normalized spacial score (nSPS) is 18.7. The van der Waals surface area contributed by atoms with Crippen LogP contribution in [0.15, 0.2) is 4.52 Å². The summed E-state index contributed by atoms with van der Waals surface area (Å²) < 4.78 is 10.4. The molecule has 2 aromatic heterocycles. The molecule has 0 saturated carbocycles. The van der Waals surface area contributed by atoms with Crippen LogP contribution < -0.4 is 4.90 Å². The lowest BCUT2D eigenvalue weighted by Crippen LogP contribution is -2.40. The summed E-state index contributed by atoms with van der Waals surface area (Å²) in [5.41, 5.74) is 1.27. The summed E-state index contributed by atoms with van der Waals surface area (Å²) in [5, 5.41) is 4.81. The molecule has 0 aromatic carbocycles. The molecule has 1 atom stereocenters. The Balaban J connectivity index is 1.93. The van der Waals surface area contributed by atoms with Crippen LogP contribution in [-0.2, 0) is 9.53 Å². The van der Waals surface area contributed by atoms with Crippen LogP contribution >= 0.6 is 0 Å². The van der Waals surface area contributed by atoms with Crippen molar-refractivity contribution in [3.05, 3.63) is 11.5 Å². The van der Waals surface area contributed by atoms with Crippen molar-refractivity contribution in [3.8, 4) is 0 Å². The molecule has 1 aliphatic rings. The topological polar surface area (TPSA) is 81.4 Å². The molecule has 0 amide bonds. The lowest BCUT2D eigenvalue weighted by molar-refractivity contribution is -0.148. The first-order valence-electron chi connectivity index (χ1n) is 7.62. The Kier molecular flexibility index (Phi) is 3.96. The first-order chi connectivity index (χ1) is 10.6. The third kappa shape index (κ3) is 2.63. The third-order valence-corrected chi connectivity index (χ3v) is 3.94. The Morgan fingerprint density at radius 2 is 2.23 bits per heavy atom. The van der Waals surface area contributed by atoms with Gasteiger partial charge in [0.25, 0.3) is 5.71 Å². The number of aromatic nitrogens is 3. The van der Waals surface area contributed by atoms with Crippen molar-refractivity contribution in [2.75, 3.05) is 24.6 Å². The van der Waals surface area contributed by atoms with Gasteiger partial charge in [-0.2, -0.15) is 4.98 Å². The number of anilines is 1. The zero-order valence-corrected chi connectivity index (χ0v) is 13.1. The maximum Gasteiger partial charge on any atom is 0.310 e. The van der Waals surface area contributed by atoms with Gasteiger partial charge in [0.05, 0.1) is 18.2 Å². The average Bonchev–Trinajstić information content (AvgIpc) is 2.88. The molecule has 0 radical (unpaired) electrons. The number of nitrogens with zero attached hydrogens (tertiary/aromatic N) is 4. The van der Waals surface area contributed by atoms with E-state index >= 15 is 0 Å². The maximum atomic E-state index is 12.0. The first-order valence-corrected chi connectivity index (χ1v) is 7.62. The Bertz CT molecular complexity index is 697. The van der Waals surface area contributed by atoms with Crippen molar-refractivity contribution in [2.45, 2.75) is 33.6 Å². The highest BCUT2D eigenvalue weighted by Gasteiger charge is 2.29. The van der Waals surface area contributed by atoms with E-state index in [1.54, 1.807) is 0 Å². The van der Waals surface area contributed by atoms with Gasteiger partial charge in [-0.3, -0.25) is 4.79 Å². The van der Waals surface area contributed by atoms with E-state index in [-0.39, 0.29) is 11.9 Å². The molecular formula is C15H20N4O3. The lowest BCUT2D eigenvalue weighted by Gasteiger charge is -2.32. The second-order valence-corrected chi connectivity index (χ2v) is 5.58. The van der Waals surface area contributed by atoms with E-state index in [0.29, 0.717) is 24.7 Å². The zero-order valence-electron chi connectivity index (χ0n) is 13.1. The summed E-state index contributed by atoms with van der Waals surface area (Å²) in [6, 6.07) is 0. The molecular weight excluding hydrogens is 284 g/mol. The fraction of sp³-hybridized carbons (Fsp3) is 0.600. The summed E-state index contributed by atoms with van der Waals surface area (Å²) in [6.45, 7) is 7.41. The summed E-state index contributed by atoms with van der Waals surface area (Å²) in [4.78, 5) is 23.0. The second kappa shape index (κ2) is 5.90. The number of ether oxygens (including phenoxy) is 1. The number of piperidine rings is 1. The number of hydrogen-bond donors (Lipinski definition) is 0. The molecule has 2 aromatic rings. The number of rotatable bonds is 3. The van der Waals surface area contributed by atoms with Crippen molar-refractivity contribution >= 4 is 22.9 Å². The van der Waals surface area contributed by atoms with Crippen molar-refractivity contribution in [1.29, 1.82) is 0 Å². The Morgan fingerprint density at radius 1 is 1.41 bits per heavy atom. The van der Waals surface area contributed by atoms with E-state index < -0.39 is 0 Å². The maximum absolute atomic E-state index is 12.0. The fourth-order valence-electron chi connectivity index (χ4n) is 2.92. The zero-order chi connectivity index (χ0) is 15.7. The smallest absolute Gasteiger partial charge is 0.310 e. The van der Waals surface area contributed by atoms with E-state index in [9.17, 15) is 4.79 Å². The highest BCUT2D eigenvalue weighted by atomic mass is 16.5. The van der Waals surface area contributed by atoms with Crippen molar-refractivity contribution in [3.63, 3.8) is 0 Å². The summed E-state index contributed by atoms with van der Waals surface area (Å²) in [5.74, 6) is 1.20. The second-order valence-electron chi connectivity index (χ2n) is 5.58. The van der Waals surface area contributed by atoms with Crippen LogP contribution in [0.5, 0.6) is 0 Å². The van der Waals surface area contributed by atoms with Crippen LogP contribution in [0.2, 0.25) is 0 Å². The van der Waals surface area contributed by atoms with Crippen LogP contribution in [0.4, 0.5) is 5.82 Å². The number of hydrogen-bond acceptors (Lipinski definition) is 7. The van der Waals surface area contributed by atoms with Gasteiger partial charge in [-0.05, 0) is 33.6 Å². The molecule has 3 heterocycles. The van der Waals surface area contributed by atoms with Crippen LogP contribution in [0, 0.1) is 19.8 Å². The first kappa shape index (κ1) is 14.7. The standard InChI is InChI=1S/C15H20N4O3/c1-4-21-15(20)11-6-5-7-19(8-11)13-12-9(2)18-22-14(12)17-10(3)16-13/h11H,4-8H2,1-3H3/t11-/m1/s1. The summed E-state index contributed by atoms with van der Waals surface area (Å²) >= 11 is 0. The van der Waals surface area contributed by atoms with Crippen LogP contribution in [0.1, 0.15) is 31.3 Å². The number of carbonyl (C=O) groups is 1. The van der Waals surface area contributed by atoms with E-state index in [1.807, 2.05) is 20.8 Å². The highest BCUT2D eigenvalue weighted by Crippen LogP contribution is 2.30. The Labute approximate surface area is 128 Å². The minimum absolute atomic E-state index is 0.112. The number of esters is 1. The molecule has 0 unspecified atom stereocenters. The van der Waals surface area contributed by atoms with Gasteiger partial charge in [0.2, 0.25) is 0 Å².